The number of halogens is 2. The summed E-state index contributed by atoms with van der Waals surface area (Å²) in [6.45, 7) is 1.72. The monoisotopic (exact) mass is 196 g/mol. The van der Waals surface area contributed by atoms with Crippen LogP contribution in [0.25, 0.3) is 0 Å². The summed E-state index contributed by atoms with van der Waals surface area (Å²) in [6, 6.07) is 4.83. The normalized spacial score (nSPS) is 9.15. The standard InChI is InChI=1S/C11H10ClF/c1-9-8-10(4-2-3-7-12)5-6-11(9)13/h5-6,8H,3,7H2,1H3. The predicted molar refractivity (Wildman–Crippen MR) is 53.4 cm³/mol. The third-order valence-electron chi connectivity index (χ3n) is 1.61. The van der Waals surface area contributed by atoms with Crippen LogP contribution in [0.1, 0.15) is 17.5 Å². The molecule has 0 aromatic heterocycles. The van der Waals surface area contributed by atoms with Crippen molar-refractivity contribution >= 4 is 11.6 Å². The van der Waals surface area contributed by atoms with Crippen molar-refractivity contribution in [3.05, 3.63) is 35.1 Å². The molecule has 68 valence electrons. The highest BCUT2D eigenvalue weighted by molar-refractivity contribution is 6.18. The van der Waals surface area contributed by atoms with Gasteiger partial charge in [-0.05, 0) is 30.7 Å². The molecule has 0 unspecified atom stereocenters. The molecule has 1 rings (SSSR count). The van der Waals surface area contributed by atoms with Crippen LogP contribution in [0.5, 0.6) is 0 Å². The number of hydrogen-bond acceptors (Lipinski definition) is 0. The molecule has 2 heteroatoms. The number of benzene rings is 1. The highest BCUT2D eigenvalue weighted by atomic mass is 35.5. The molecule has 0 saturated carbocycles. The van der Waals surface area contributed by atoms with Gasteiger partial charge in [0.2, 0.25) is 0 Å². The van der Waals surface area contributed by atoms with Crippen LogP contribution in [0.15, 0.2) is 18.2 Å². The number of alkyl halides is 1. The third kappa shape index (κ3) is 3.08. The SMILES string of the molecule is Cc1cc(C#CCCCl)ccc1F. The Morgan fingerprint density at radius 2 is 2.23 bits per heavy atom. The van der Waals surface area contributed by atoms with Crippen molar-refractivity contribution in [3.8, 4) is 11.8 Å². The van der Waals surface area contributed by atoms with Crippen LogP contribution in [0.3, 0.4) is 0 Å². The van der Waals surface area contributed by atoms with Gasteiger partial charge < -0.3 is 0 Å². The van der Waals surface area contributed by atoms with Crippen molar-refractivity contribution in [2.45, 2.75) is 13.3 Å². The molecule has 1 aromatic carbocycles. The van der Waals surface area contributed by atoms with E-state index in [2.05, 4.69) is 11.8 Å². The van der Waals surface area contributed by atoms with Crippen LogP contribution in [0, 0.1) is 24.6 Å². The molecule has 0 aliphatic rings. The lowest BCUT2D eigenvalue weighted by Gasteiger charge is -1.95. The van der Waals surface area contributed by atoms with Gasteiger partial charge in [0.15, 0.2) is 0 Å². The van der Waals surface area contributed by atoms with Crippen molar-refractivity contribution in [2.24, 2.45) is 0 Å². The molecule has 0 aliphatic heterocycles. The molecular formula is C11H10ClF. The minimum atomic E-state index is -0.192. The summed E-state index contributed by atoms with van der Waals surface area (Å²) in [4.78, 5) is 0. The molecule has 0 spiro atoms. The van der Waals surface area contributed by atoms with Gasteiger partial charge in [-0.2, -0.15) is 0 Å². The van der Waals surface area contributed by atoms with E-state index in [1.165, 1.54) is 6.07 Å². The lowest BCUT2D eigenvalue weighted by Crippen LogP contribution is -1.83. The molecule has 0 fully saturated rings. The minimum Gasteiger partial charge on any atom is -0.207 e. The smallest absolute Gasteiger partial charge is 0.126 e. The van der Waals surface area contributed by atoms with Crippen molar-refractivity contribution in [1.82, 2.24) is 0 Å². The Balaban J connectivity index is 2.81. The Hall–Kier alpha value is -1.00. The van der Waals surface area contributed by atoms with Crippen LogP contribution >= 0.6 is 11.6 Å². The Kier molecular flexibility index (Phi) is 3.79. The average Bonchev–Trinajstić information content (AvgIpc) is 2.12. The molecule has 0 aliphatic carbocycles. The summed E-state index contributed by atoms with van der Waals surface area (Å²) in [6.07, 6.45) is 0.665. The second kappa shape index (κ2) is 4.89. The fourth-order valence-electron chi connectivity index (χ4n) is 0.934. The Morgan fingerprint density at radius 1 is 1.46 bits per heavy atom. The van der Waals surface area contributed by atoms with Crippen molar-refractivity contribution in [3.63, 3.8) is 0 Å². The first-order valence-corrected chi connectivity index (χ1v) is 4.58. The Morgan fingerprint density at radius 3 is 2.85 bits per heavy atom. The van der Waals surface area contributed by atoms with Gasteiger partial charge in [-0.1, -0.05) is 11.8 Å². The van der Waals surface area contributed by atoms with Crippen LogP contribution in [0.2, 0.25) is 0 Å². The first-order valence-electron chi connectivity index (χ1n) is 4.05. The summed E-state index contributed by atoms with van der Waals surface area (Å²) >= 11 is 5.46. The molecule has 0 bridgehead atoms. The summed E-state index contributed by atoms with van der Waals surface area (Å²) in [5, 5.41) is 0. The summed E-state index contributed by atoms with van der Waals surface area (Å²) in [7, 11) is 0. The lowest BCUT2D eigenvalue weighted by molar-refractivity contribution is 0.618. The topological polar surface area (TPSA) is 0 Å². The average molecular weight is 197 g/mol. The van der Waals surface area contributed by atoms with Crippen molar-refractivity contribution in [1.29, 1.82) is 0 Å². The first kappa shape index (κ1) is 10.1. The fourth-order valence-corrected chi connectivity index (χ4v) is 1.03. The molecule has 13 heavy (non-hydrogen) atoms. The Labute approximate surface area is 82.7 Å². The lowest BCUT2D eigenvalue weighted by atomic mass is 10.1. The molecule has 0 radical (unpaired) electrons. The zero-order valence-electron chi connectivity index (χ0n) is 7.40. The van der Waals surface area contributed by atoms with Crippen LogP contribution in [0.4, 0.5) is 4.39 Å². The fraction of sp³-hybridized carbons (Fsp3) is 0.273. The van der Waals surface area contributed by atoms with E-state index in [0.717, 1.165) is 5.56 Å². The van der Waals surface area contributed by atoms with Gasteiger partial charge in [-0.25, -0.2) is 4.39 Å². The van der Waals surface area contributed by atoms with Crippen LogP contribution in [-0.4, -0.2) is 5.88 Å². The summed E-state index contributed by atoms with van der Waals surface area (Å²) in [5.41, 5.74) is 1.46. The Bertz CT molecular complexity index is 347. The molecule has 0 heterocycles. The third-order valence-corrected chi connectivity index (χ3v) is 1.80. The van der Waals surface area contributed by atoms with Gasteiger partial charge in [0.05, 0.1) is 0 Å². The van der Waals surface area contributed by atoms with Gasteiger partial charge in [0.25, 0.3) is 0 Å². The number of hydrogen-bond donors (Lipinski definition) is 0. The molecule has 0 nitrogen and oxygen atoms in total. The van der Waals surface area contributed by atoms with E-state index in [9.17, 15) is 4.39 Å². The van der Waals surface area contributed by atoms with Crippen molar-refractivity contribution in [2.75, 3.05) is 5.88 Å². The molecule has 0 N–H and O–H groups in total. The minimum absolute atomic E-state index is 0.192. The molecule has 0 amide bonds. The number of rotatable bonds is 1. The second-order valence-electron chi connectivity index (χ2n) is 2.70. The number of aryl methyl sites for hydroxylation is 1. The van der Waals surface area contributed by atoms with E-state index >= 15 is 0 Å². The van der Waals surface area contributed by atoms with Gasteiger partial charge in [-0.3, -0.25) is 0 Å². The van der Waals surface area contributed by atoms with Crippen LogP contribution in [-0.2, 0) is 0 Å². The zero-order valence-corrected chi connectivity index (χ0v) is 8.16. The highest BCUT2D eigenvalue weighted by Gasteiger charge is 1.95. The largest absolute Gasteiger partial charge is 0.207 e. The van der Waals surface area contributed by atoms with E-state index in [-0.39, 0.29) is 5.82 Å². The zero-order chi connectivity index (χ0) is 9.68. The maximum absolute atomic E-state index is 12.8. The summed E-state index contributed by atoms with van der Waals surface area (Å²) < 4.78 is 12.8. The van der Waals surface area contributed by atoms with E-state index in [4.69, 9.17) is 11.6 Å². The molecule has 0 saturated heterocycles. The van der Waals surface area contributed by atoms with Crippen LogP contribution < -0.4 is 0 Å². The van der Waals surface area contributed by atoms with Crippen molar-refractivity contribution < 1.29 is 4.39 Å². The van der Waals surface area contributed by atoms with Gasteiger partial charge >= 0.3 is 0 Å². The van der Waals surface area contributed by atoms with E-state index in [1.54, 1.807) is 19.1 Å². The maximum Gasteiger partial charge on any atom is 0.126 e. The van der Waals surface area contributed by atoms with E-state index < -0.39 is 0 Å². The molecular weight excluding hydrogens is 187 g/mol. The van der Waals surface area contributed by atoms with E-state index in [0.29, 0.717) is 17.9 Å². The summed E-state index contributed by atoms with van der Waals surface area (Å²) in [5.74, 6) is 6.15. The van der Waals surface area contributed by atoms with Gasteiger partial charge in [-0.15, -0.1) is 11.6 Å². The molecule has 1 aromatic rings. The second-order valence-corrected chi connectivity index (χ2v) is 3.08. The quantitative estimate of drug-likeness (QED) is 0.478. The highest BCUT2D eigenvalue weighted by Crippen LogP contribution is 2.07. The maximum atomic E-state index is 12.8. The van der Waals surface area contributed by atoms with Gasteiger partial charge in [0, 0.05) is 17.9 Å². The predicted octanol–water partition coefficient (Wildman–Crippen LogP) is 3.11. The van der Waals surface area contributed by atoms with E-state index in [1.807, 2.05) is 0 Å². The first-order chi connectivity index (χ1) is 6.24. The van der Waals surface area contributed by atoms with Gasteiger partial charge in [0.1, 0.15) is 5.82 Å². The molecule has 0 atom stereocenters.